The maximum atomic E-state index is 12.5. The summed E-state index contributed by atoms with van der Waals surface area (Å²) < 4.78 is 1.75. The Balaban J connectivity index is 2.24. The quantitative estimate of drug-likeness (QED) is 0.902. The molecule has 0 saturated heterocycles. The van der Waals surface area contributed by atoms with Crippen molar-refractivity contribution in [3.05, 3.63) is 22.7 Å². The van der Waals surface area contributed by atoms with Gasteiger partial charge in [0.15, 0.2) is 5.82 Å². The van der Waals surface area contributed by atoms with Crippen molar-refractivity contribution < 1.29 is 0 Å². The SMILES string of the molecule is CC1CCCC(Nc2nccn(C(C)(C)C)c2=O)C1C. The average Bonchev–Trinajstić information content (AvgIpc) is 2.36. The van der Waals surface area contributed by atoms with Gasteiger partial charge in [-0.1, -0.05) is 26.7 Å². The van der Waals surface area contributed by atoms with Crippen LogP contribution in [0.25, 0.3) is 0 Å². The lowest BCUT2D eigenvalue weighted by Crippen LogP contribution is -2.40. The zero-order chi connectivity index (χ0) is 14.9. The fourth-order valence-electron chi connectivity index (χ4n) is 3.00. The molecule has 0 spiro atoms. The normalized spacial score (nSPS) is 27.4. The molecule has 1 aromatic rings. The largest absolute Gasteiger partial charge is 0.362 e. The molecule has 1 N–H and O–H groups in total. The van der Waals surface area contributed by atoms with Gasteiger partial charge in [0.05, 0.1) is 0 Å². The molecule has 2 rings (SSSR count). The van der Waals surface area contributed by atoms with Crippen molar-refractivity contribution in [3.8, 4) is 0 Å². The predicted molar refractivity (Wildman–Crippen MR) is 83.1 cm³/mol. The predicted octanol–water partition coefficient (Wildman–Crippen LogP) is 3.23. The van der Waals surface area contributed by atoms with Gasteiger partial charge in [-0.3, -0.25) is 4.79 Å². The zero-order valence-corrected chi connectivity index (χ0v) is 13.3. The molecule has 0 amide bonds. The fourth-order valence-corrected chi connectivity index (χ4v) is 3.00. The zero-order valence-electron chi connectivity index (χ0n) is 13.3. The lowest BCUT2D eigenvalue weighted by Gasteiger charge is -2.35. The van der Waals surface area contributed by atoms with Gasteiger partial charge >= 0.3 is 0 Å². The van der Waals surface area contributed by atoms with Gasteiger partial charge in [0.1, 0.15) is 0 Å². The molecule has 3 unspecified atom stereocenters. The highest BCUT2D eigenvalue weighted by Crippen LogP contribution is 2.30. The maximum absolute atomic E-state index is 12.5. The van der Waals surface area contributed by atoms with Crippen LogP contribution >= 0.6 is 0 Å². The molecule has 112 valence electrons. The molecular formula is C16H27N3O. The summed E-state index contributed by atoms with van der Waals surface area (Å²) in [4.78, 5) is 16.8. The molecule has 0 aromatic carbocycles. The van der Waals surface area contributed by atoms with Crippen LogP contribution < -0.4 is 10.9 Å². The van der Waals surface area contributed by atoms with Gasteiger partial charge in [-0.2, -0.15) is 0 Å². The summed E-state index contributed by atoms with van der Waals surface area (Å²) in [6.07, 6.45) is 7.11. The lowest BCUT2D eigenvalue weighted by molar-refractivity contribution is 0.252. The number of nitrogens with zero attached hydrogens (tertiary/aromatic N) is 2. The summed E-state index contributed by atoms with van der Waals surface area (Å²) in [5, 5.41) is 3.40. The first-order valence-electron chi connectivity index (χ1n) is 7.65. The van der Waals surface area contributed by atoms with Crippen LogP contribution in [0.2, 0.25) is 0 Å². The Morgan fingerprint density at radius 3 is 2.65 bits per heavy atom. The first-order valence-corrected chi connectivity index (χ1v) is 7.65. The molecule has 4 nitrogen and oxygen atoms in total. The van der Waals surface area contributed by atoms with Gasteiger partial charge in [0.2, 0.25) is 0 Å². The van der Waals surface area contributed by atoms with Gasteiger partial charge in [-0.25, -0.2) is 4.98 Å². The van der Waals surface area contributed by atoms with E-state index in [1.807, 2.05) is 20.8 Å². The standard InChI is InChI=1S/C16H27N3O/c1-11-7-6-8-13(12(11)2)18-14-15(20)19(10-9-17-14)16(3,4)5/h9-13H,6-8H2,1-5H3,(H,17,18). The van der Waals surface area contributed by atoms with E-state index in [2.05, 4.69) is 24.1 Å². The van der Waals surface area contributed by atoms with E-state index >= 15 is 0 Å². The van der Waals surface area contributed by atoms with Crippen LogP contribution in [0.4, 0.5) is 5.82 Å². The van der Waals surface area contributed by atoms with Crippen LogP contribution in [-0.2, 0) is 5.54 Å². The van der Waals surface area contributed by atoms with Crippen molar-refractivity contribution >= 4 is 5.82 Å². The van der Waals surface area contributed by atoms with Crippen LogP contribution in [0.15, 0.2) is 17.2 Å². The number of hydrogen-bond acceptors (Lipinski definition) is 3. The smallest absolute Gasteiger partial charge is 0.293 e. The third-order valence-corrected chi connectivity index (χ3v) is 4.59. The van der Waals surface area contributed by atoms with Crippen LogP contribution in [0, 0.1) is 11.8 Å². The van der Waals surface area contributed by atoms with E-state index in [0.29, 0.717) is 23.7 Å². The van der Waals surface area contributed by atoms with E-state index in [9.17, 15) is 4.79 Å². The molecule has 1 aliphatic carbocycles. The van der Waals surface area contributed by atoms with Gasteiger partial charge in [-0.05, 0) is 39.0 Å². The second kappa shape index (κ2) is 5.58. The Bertz CT molecular complexity index is 515. The summed E-state index contributed by atoms with van der Waals surface area (Å²) in [6, 6.07) is 0.356. The number of anilines is 1. The van der Waals surface area contributed by atoms with Crippen molar-refractivity contribution in [1.82, 2.24) is 9.55 Å². The highest BCUT2D eigenvalue weighted by molar-refractivity contribution is 5.33. The summed E-state index contributed by atoms with van der Waals surface area (Å²) in [6.45, 7) is 10.7. The van der Waals surface area contributed by atoms with E-state index in [1.54, 1.807) is 17.0 Å². The highest BCUT2D eigenvalue weighted by Gasteiger charge is 2.28. The van der Waals surface area contributed by atoms with Gasteiger partial charge in [0, 0.05) is 24.0 Å². The van der Waals surface area contributed by atoms with Crippen LogP contribution in [0.3, 0.4) is 0 Å². The Hall–Kier alpha value is -1.32. The molecule has 1 fully saturated rings. The molecule has 0 bridgehead atoms. The third kappa shape index (κ3) is 3.05. The second-order valence-corrected chi connectivity index (χ2v) is 7.14. The number of nitrogens with one attached hydrogen (secondary N) is 1. The molecule has 0 radical (unpaired) electrons. The van der Waals surface area contributed by atoms with E-state index in [-0.39, 0.29) is 11.1 Å². The minimum Gasteiger partial charge on any atom is -0.362 e. The van der Waals surface area contributed by atoms with Crippen molar-refractivity contribution in [1.29, 1.82) is 0 Å². The lowest BCUT2D eigenvalue weighted by atomic mass is 9.78. The van der Waals surface area contributed by atoms with E-state index in [0.717, 1.165) is 6.42 Å². The number of rotatable bonds is 2. The van der Waals surface area contributed by atoms with E-state index in [4.69, 9.17) is 0 Å². The second-order valence-electron chi connectivity index (χ2n) is 7.14. The monoisotopic (exact) mass is 277 g/mol. The Morgan fingerprint density at radius 1 is 1.30 bits per heavy atom. The van der Waals surface area contributed by atoms with E-state index in [1.165, 1.54) is 12.8 Å². The molecule has 1 aliphatic rings. The molecule has 1 heterocycles. The van der Waals surface area contributed by atoms with E-state index < -0.39 is 0 Å². The molecule has 1 saturated carbocycles. The topological polar surface area (TPSA) is 46.9 Å². The van der Waals surface area contributed by atoms with Crippen LogP contribution in [0.1, 0.15) is 53.9 Å². The molecular weight excluding hydrogens is 250 g/mol. The van der Waals surface area contributed by atoms with Crippen molar-refractivity contribution in [2.45, 2.75) is 65.5 Å². The third-order valence-electron chi connectivity index (χ3n) is 4.59. The molecule has 0 aliphatic heterocycles. The highest BCUT2D eigenvalue weighted by atomic mass is 16.1. The van der Waals surface area contributed by atoms with Crippen molar-refractivity contribution in [2.24, 2.45) is 11.8 Å². The van der Waals surface area contributed by atoms with Gasteiger partial charge in [0.25, 0.3) is 5.56 Å². The van der Waals surface area contributed by atoms with Gasteiger partial charge in [-0.15, -0.1) is 0 Å². The summed E-state index contributed by atoms with van der Waals surface area (Å²) >= 11 is 0. The first kappa shape index (κ1) is 15.1. The number of hydrogen-bond donors (Lipinski definition) is 1. The summed E-state index contributed by atoms with van der Waals surface area (Å²) in [5.41, 5.74) is -0.243. The average molecular weight is 277 g/mol. The van der Waals surface area contributed by atoms with Crippen LogP contribution in [0.5, 0.6) is 0 Å². The van der Waals surface area contributed by atoms with Crippen molar-refractivity contribution in [2.75, 3.05) is 5.32 Å². The minimum absolute atomic E-state index is 0.0228. The fraction of sp³-hybridized carbons (Fsp3) is 0.750. The van der Waals surface area contributed by atoms with Gasteiger partial charge < -0.3 is 9.88 Å². The maximum Gasteiger partial charge on any atom is 0.293 e. The summed E-state index contributed by atoms with van der Waals surface area (Å²) in [5.74, 6) is 1.77. The minimum atomic E-state index is -0.220. The Kier molecular flexibility index (Phi) is 4.21. The molecule has 1 aromatic heterocycles. The Labute approximate surface area is 121 Å². The molecule has 20 heavy (non-hydrogen) atoms. The summed E-state index contributed by atoms with van der Waals surface area (Å²) in [7, 11) is 0. The van der Waals surface area contributed by atoms with Crippen molar-refractivity contribution in [3.63, 3.8) is 0 Å². The first-order chi connectivity index (χ1) is 9.30. The molecule has 3 atom stereocenters. The molecule has 4 heteroatoms. The van der Waals surface area contributed by atoms with Crippen LogP contribution in [-0.4, -0.2) is 15.6 Å². The Morgan fingerprint density at radius 2 is 2.00 bits per heavy atom. The number of aromatic nitrogens is 2.